The van der Waals surface area contributed by atoms with Crippen molar-refractivity contribution in [3.05, 3.63) is 17.5 Å². The van der Waals surface area contributed by atoms with Crippen molar-refractivity contribution in [2.75, 3.05) is 0 Å². The average molecular weight is 263 g/mol. The molecule has 0 bridgehead atoms. The second-order valence-electron chi connectivity index (χ2n) is 2.94. The van der Waals surface area contributed by atoms with Crippen molar-refractivity contribution < 1.29 is 40.8 Å². The van der Waals surface area contributed by atoms with Crippen LogP contribution in [0.25, 0.3) is 0 Å². The van der Waals surface area contributed by atoms with Crippen LogP contribution in [0, 0.1) is 0 Å². The Labute approximate surface area is 88.8 Å². The summed E-state index contributed by atoms with van der Waals surface area (Å²) in [6, 6.07) is 0.0912. The van der Waals surface area contributed by atoms with Gasteiger partial charge in [0.15, 0.2) is 11.5 Å². The van der Waals surface area contributed by atoms with Crippen molar-refractivity contribution in [1.29, 1.82) is 0 Å². The molecule has 17 heavy (non-hydrogen) atoms. The summed E-state index contributed by atoms with van der Waals surface area (Å²) in [4.78, 5) is 10.3. The Hall–Kier alpha value is -1.74. The zero-order valence-corrected chi connectivity index (χ0v) is 7.63. The topological polar surface area (TPSA) is 63.3 Å². The zero-order valence-electron chi connectivity index (χ0n) is 7.63. The summed E-state index contributed by atoms with van der Waals surface area (Å²) in [5.74, 6) is -7.29. The Bertz CT molecular complexity index is 406. The van der Waals surface area contributed by atoms with Crippen LogP contribution in [0.5, 0.6) is 0 Å². The summed E-state index contributed by atoms with van der Waals surface area (Å²) in [5, 5.41) is 10.9. The third-order valence-electron chi connectivity index (χ3n) is 1.69. The molecule has 1 N–H and O–H groups in total. The number of aromatic nitrogens is 1. The van der Waals surface area contributed by atoms with Gasteiger partial charge in [0, 0.05) is 6.07 Å². The maximum atomic E-state index is 12.2. The minimum atomic E-state index is -5.65. The van der Waals surface area contributed by atoms with Gasteiger partial charge in [0.2, 0.25) is 5.92 Å². The van der Waals surface area contributed by atoms with Crippen LogP contribution in [-0.2, 0) is 0 Å². The van der Waals surface area contributed by atoms with Crippen molar-refractivity contribution in [3.8, 4) is 0 Å². The number of halogens is 6. The lowest BCUT2D eigenvalue weighted by Crippen LogP contribution is -2.33. The third-order valence-corrected chi connectivity index (χ3v) is 1.69. The van der Waals surface area contributed by atoms with Gasteiger partial charge in [0.25, 0.3) is 0 Å². The average Bonchev–Trinajstić information content (AvgIpc) is 2.46. The lowest BCUT2D eigenvalue weighted by molar-refractivity contribution is -0.257. The molecule has 1 aromatic rings. The van der Waals surface area contributed by atoms with Gasteiger partial charge in [-0.25, -0.2) is 4.79 Å². The predicted molar refractivity (Wildman–Crippen MR) is 38.3 cm³/mol. The van der Waals surface area contributed by atoms with E-state index in [0.717, 1.165) is 0 Å². The molecule has 1 rings (SSSR count). The standard InChI is InChI=1S/C7H3F6NO3/c8-6(9,10)4(7(11,12)13)3-1-2(5(15)16)14-17-3/h1,4H,(H,15,16). The van der Waals surface area contributed by atoms with E-state index in [1.54, 1.807) is 0 Å². The SMILES string of the molecule is O=C(O)c1cc(C(C(F)(F)F)C(F)(F)F)on1. The molecule has 0 saturated heterocycles. The molecule has 0 radical (unpaired) electrons. The molecule has 1 heterocycles. The van der Waals surface area contributed by atoms with Crippen LogP contribution >= 0.6 is 0 Å². The van der Waals surface area contributed by atoms with Crippen molar-refractivity contribution in [1.82, 2.24) is 5.16 Å². The first-order valence-corrected chi connectivity index (χ1v) is 3.87. The normalized spacial score (nSPS) is 13.1. The smallest absolute Gasteiger partial charge is 0.407 e. The van der Waals surface area contributed by atoms with Gasteiger partial charge < -0.3 is 9.63 Å². The van der Waals surface area contributed by atoms with E-state index in [-0.39, 0.29) is 6.07 Å². The number of alkyl halides is 6. The summed E-state index contributed by atoms with van der Waals surface area (Å²) >= 11 is 0. The molecular weight excluding hydrogens is 260 g/mol. The lowest BCUT2D eigenvalue weighted by atomic mass is 10.1. The highest BCUT2D eigenvalue weighted by molar-refractivity contribution is 5.85. The first-order chi connectivity index (χ1) is 7.53. The molecule has 0 spiro atoms. The number of carbonyl (C=O) groups is 1. The van der Waals surface area contributed by atoms with Gasteiger partial charge >= 0.3 is 18.3 Å². The number of carboxylic acid groups (broad SMARTS) is 1. The molecular formula is C7H3F6NO3. The van der Waals surface area contributed by atoms with Crippen LogP contribution in [-0.4, -0.2) is 28.6 Å². The van der Waals surface area contributed by atoms with Gasteiger partial charge in [-0.15, -0.1) is 0 Å². The van der Waals surface area contributed by atoms with Crippen LogP contribution in [0.3, 0.4) is 0 Å². The van der Waals surface area contributed by atoms with Crippen LogP contribution in [0.2, 0.25) is 0 Å². The Morgan fingerprint density at radius 2 is 1.71 bits per heavy atom. The van der Waals surface area contributed by atoms with E-state index in [1.165, 1.54) is 0 Å². The quantitative estimate of drug-likeness (QED) is 0.833. The molecule has 1 aromatic heterocycles. The lowest BCUT2D eigenvalue weighted by Gasteiger charge is -2.19. The number of hydrogen-bond donors (Lipinski definition) is 1. The monoisotopic (exact) mass is 263 g/mol. The minimum Gasteiger partial charge on any atom is -0.476 e. The molecule has 0 atom stereocenters. The van der Waals surface area contributed by atoms with Crippen molar-refractivity contribution in [2.45, 2.75) is 18.3 Å². The summed E-state index contributed by atoms with van der Waals surface area (Å²) in [6.07, 6.45) is -11.3. The highest BCUT2D eigenvalue weighted by Crippen LogP contribution is 2.46. The van der Waals surface area contributed by atoms with Crippen LogP contribution in [0.1, 0.15) is 22.2 Å². The molecule has 0 aliphatic carbocycles. The molecule has 4 nitrogen and oxygen atoms in total. The Morgan fingerprint density at radius 3 is 2.00 bits per heavy atom. The van der Waals surface area contributed by atoms with Crippen molar-refractivity contribution in [3.63, 3.8) is 0 Å². The van der Waals surface area contributed by atoms with Gasteiger partial charge in [-0.1, -0.05) is 5.16 Å². The second kappa shape index (κ2) is 3.93. The van der Waals surface area contributed by atoms with Gasteiger partial charge in [-0.05, 0) is 0 Å². The van der Waals surface area contributed by atoms with E-state index in [1.807, 2.05) is 0 Å². The fourth-order valence-electron chi connectivity index (χ4n) is 1.03. The van der Waals surface area contributed by atoms with Gasteiger partial charge in [-0.2, -0.15) is 26.3 Å². The molecule has 0 unspecified atom stereocenters. The van der Waals surface area contributed by atoms with Crippen molar-refractivity contribution in [2.24, 2.45) is 0 Å². The Morgan fingerprint density at radius 1 is 1.24 bits per heavy atom. The van der Waals surface area contributed by atoms with Crippen LogP contribution in [0.4, 0.5) is 26.3 Å². The fourth-order valence-corrected chi connectivity index (χ4v) is 1.03. The summed E-state index contributed by atoms with van der Waals surface area (Å²) < 4.78 is 76.7. The van der Waals surface area contributed by atoms with E-state index in [0.29, 0.717) is 0 Å². The molecule has 0 aliphatic rings. The minimum absolute atomic E-state index is 0.0912. The van der Waals surface area contributed by atoms with Crippen molar-refractivity contribution >= 4 is 5.97 Å². The molecule has 0 aliphatic heterocycles. The maximum absolute atomic E-state index is 12.2. The number of carboxylic acids is 1. The maximum Gasteiger partial charge on any atom is 0.407 e. The number of nitrogens with zero attached hydrogens (tertiary/aromatic N) is 1. The van der Waals surface area contributed by atoms with E-state index >= 15 is 0 Å². The summed E-state index contributed by atoms with van der Waals surface area (Å²) in [7, 11) is 0. The van der Waals surface area contributed by atoms with E-state index < -0.39 is 35.7 Å². The first-order valence-electron chi connectivity index (χ1n) is 3.87. The van der Waals surface area contributed by atoms with Crippen LogP contribution in [0.15, 0.2) is 10.6 Å². The Kier molecular flexibility index (Phi) is 3.08. The van der Waals surface area contributed by atoms with Gasteiger partial charge in [0.05, 0.1) is 0 Å². The fraction of sp³-hybridized carbons (Fsp3) is 0.429. The molecule has 96 valence electrons. The van der Waals surface area contributed by atoms with E-state index in [4.69, 9.17) is 5.11 Å². The van der Waals surface area contributed by atoms with Gasteiger partial charge in [0.1, 0.15) is 0 Å². The number of aromatic carboxylic acids is 1. The molecule has 0 aromatic carbocycles. The summed E-state index contributed by atoms with van der Waals surface area (Å²) in [5.41, 5.74) is -1.03. The molecule has 10 heteroatoms. The van der Waals surface area contributed by atoms with E-state index in [2.05, 4.69) is 9.68 Å². The Balaban J connectivity index is 3.19. The highest BCUT2D eigenvalue weighted by Gasteiger charge is 2.59. The van der Waals surface area contributed by atoms with Crippen LogP contribution < -0.4 is 0 Å². The summed E-state index contributed by atoms with van der Waals surface area (Å²) in [6.45, 7) is 0. The first kappa shape index (κ1) is 13.3. The third kappa shape index (κ3) is 2.88. The second-order valence-corrected chi connectivity index (χ2v) is 2.94. The zero-order chi connectivity index (χ0) is 13.4. The largest absolute Gasteiger partial charge is 0.476 e. The van der Waals surface area contributed by atoms with Gasteiger partial charge in [-0.3, -0.25) is 0 Å². The molecule has 0 saturated carbocycles. The molecule has 0 fully saturated rings. The number of hydrogen-bond acceptors (Lipinski definition) is 3. The highest BCUT2D eigenvalue weighted by atomic mass is 19.4. The van der Waals surface area contributed by atoms with E-state index in [9.17, 15) is 31.1 Å². The predicted octanol–water partition coefficient (Wildman–Crippen LogP) is 2.58. The molecule has 0 amide bonds. The number of rotatable bonds is 2.